The third-order valence-corrected chi connectivity index (χ3v) is 6.72. The Morgan fingerprint density at radius 3 is 2.64 bits per heavy atom. The smallest absolute Gasteiger partial charge is 0.227 e. The van der Waals surface area contributed by atoms with Crippen molar-refractivity contribution < 1.29 is 9.53 Å². The Hall–Kier alpha value is -3.31. The second-order valence-electron chi connectivity index (χ2n) is 8.56. The van der Waals surface area contributed by atoms with Gasteiger partial charge >= 0.3 is 0 Å². The molecule has 33 heavy (non-hydrogen) atoms. The van der Waals surface area contributed by atoms with E-state index in [1.807, 2.05) is 79.4 Å². The van der Waals surface area contributed by atoms with Crippen molar-refractivity contribution in [3.63, 3.8) is 0 Å². The van der Waals surface area contributed by atoms with Crippen molar-refractivity contribution in [2.45, 2.75) is 32.7 Å². The van der Waals surface area contributed by atoms with E-state index in [4.69, 9.17) is 21.3 Å². The molecule has 4 aromatic rings. The number of aryl methyl sites for hydroxylation is 2. The molecule has 5 nitrogen and oxygen atoms in total. The van der Waals surface area contributed by atoms with Crippen molar-refractivity contribution in [3.8, 4) is 5.75 Å². The minimum absolute atomic E-state index is 0.0299. The second-order valence-corrected chi connectivity index (χ2v) is 8.97. The van der Waals surface area contributed by atoms with Gasteiger partial charge in [-0.1, -0.05) is 41.9 Å². The number of para-hydroxylation sites is 3. The summed E-state index contributed by atoms with van der Waals surface area (Å²) in [5.74, 6) is 1.91. The molecule has 0 radical (unpaired) electrons. The van der Waals surface area contributed by atoms with Gasteiger partial charge in [-0.05, 0) is 61.4 Å². The lowest BCUT2D eigenvalue weighted by atomic mass is 10.1. The van der Waals surface area contributed by atoms with Crippen molar-refractivity contribution in [2.24, 2.45) is 0 Å². The van der Waals surface area contributed by atoms with Crippen LogP contribution in [0, 0.1) is 13.8 Å². The number of imidazole rings is 1. The van der Waals surface area contributed by atoms with Gasteiger partial charge in [-0.25, -0.2) is 4.98 Å². The molecular weight excluding hydrogens is 434 g/mol. The SMILES string of the molecule is Cc1cc(OCCn2c([C@H]3CC(=O)N(c4ccccc4C)C3)nc3ccccc32)ccc1Cl. The Kier molecular flexibility index (Phi) is 5.81. The first kappa shape index (κ1) is 21.5. The number of nitrogens with zero attached hydrogens (tertiary/aromatic N) is 3. The van der Waals surface area contributed by atoms with E-state index in [0.29, 0.717) is 26.1 Å². The van der Waals surface area contributed by atoms with Gasteiger partial charge in [-0.3, -0.25) is 4.79 Å². The number of rotatable bonds is 6. The van der Waals surface area contributed by atoms with Crippen LogP contribution in [0.4, 0.5) is 5.69 Å². The number of anilines is 1. The predicted molar refractivity (Wildman–Crippen MR) is 132 cm³/mol. The highest BCUT2D eigenvalue weighted by Crippen LogP contribution is 2.34. The molecular formula is C27H26ClN3O2. The van der Waals surface area contributed by atoms with E-state index >= 15 is 0 Å². The molecule has 6 heteroatoms. The molecule has 1 atom stereocenters. The molecule has 1 aliphatic heterocycles. The highest BCUT2D eigenvalue weighted by Gasteiger charge is 2.35. The monoisotopic (exact) mass is 459 g/mol. The van der Waals surface area contributed by atoms with Gasteiger partial charge in [0.25, 0.3) is 0 Å². The highest BCUT2D eigenvalue weighted by atomic mass is 35.5. The van der Waals surface area contributed by atoms with Crippen molar-refractivity contribution in [1.29, 1.82) is 0 Å². The molecule has 1 aliphatic rings. The van der Waals surface area contributed by atoms with E-state index < -0.39 is 0 Å². The number of ether oxygens (including phenoxy) is 1. The largest absolute Gasteiger partial charge is 0.492 e. The normalized spacial score (nSPS) is 16.0. The van der Waals surface area contributed by atoms with Crippen LogP contribution in [0.15, 0.2) is 66.7 Å². The number of aromatic nitrogens is 2. The van der Waals surface area contributed by atoms with Crippen LogP contribution in [0.25, 0.3) is 11.0 Å². The molecule has 1 amide bonds. The molecule has 0 N–H and O–H groups in total. The summed E-state index contributed by atoms with van der Waals surface area (Å²) in [6, 6.07) is 21.8. The molecule has 1 fully saturated rings. The van der Waals surface area contributed by atoms with E-state index in [1.54, 1.807) is 0 Å². The maximum Gasteiger partial charge on any atom is 0.227 e. The summed E-state index contributed by atoms with van der Waals surface area (Å²) in [6.07, 6.45) is 0.453. The van der Waals surface area contributed by atoms with Crippen LogP contribution >= 0.6 is 11.6 Å². The average Bonchev–Trinajstić information content (AvgIpc) is 3.37. The maximum atomic E-state index is 12.9. The zero-order chi connectivity index (χ0) is 22.9. The third kappa shape index (κ3) is 4.21. The predicted octanol–water partition coefficient (Wildman–Crippen LogP) is 5.91. The van der Waals surface area contributed by atoms with E-state index in [0.717, 1.165) is 44.4 Å². The van der Waals surface area contributed by atoms with Crippen LogP contribution in [0.2, 0.25) is 5.02 Å². The summed E-state index contributed by atoms with van der Waals surface area (Å²) < 4.78 is 8.23. The molecule has 0 bridgehead atoms. The third-order valence-electron chi connectivity index (χ3n) is 6.29. The van der Waals surface area contributed by atoms with Crippen LogP contribution in [0.3, 0.4) is 0 Å². The molecule has 168 valence electrons. The molecule has 3 aromatic carbocycles. The van der Waals surface area contributed by atoms with Crippen molar-refractivity contribution >= 4 is 34.2 Å². The number of hydrogen-bond acceptors (Lipinski definition) is 3. The van der Waals surface area contributed by atoms with Crippen LogP contribution in [-0.2, 0) is 11.3 Å². The zero-order valence-corrected chi connectivity index (χ0v) is 19.5. The van der Waals surface area contributed by atoms with E-state index in [9.17, 15) is 4.79 Å². The summed E-state index contributed by atoms with van der Waals surface area (Å²) in [4.78, 5) is 19.8. The first-order valence-corrected chi connectivity index (χ1v) is 11.6. The summed E-state index contributed by atoms with van der Waals surface area (Å²) in [7, 11) is 0. The van der Waals surface area contributed by atoms with E-state index in [-0.39, 0.29) is 11.8 Å². The van der Waals surface area contributed by atoms with Gasteiger partial charge in [0.1, 0.15) is 18.2 Å². The Labute approximate surface area is 198 Å². The van der Waals surface area contributed by atoms with Crippen molar-refractivity contribution in [2.75, 3.05) is 18.1 Å². The van der Waals surface area contributed by atoms with Gasteiger partial charge in [-0.2, -0.15) is 0 Å². The van der Waals surface area contributed by atoms with Gasteiger partial charge in [0.05, 0.1) is 17.6 Å². The van der Waals surface area contributed by atoms with Gasteiger partial charge in [-0.15, -0.1) is 0 Å². The minimum atomic E-state index is 0.0299. The van der Waals surface area contributed by atoms with Crippen LogP contribution in [0.1, 0.15) is 29.3 Å². The maximum absolute atomic E-state index is 12.9. The number of amides is 1. The van der Waals surface area contributed by atoms with Gasteiger partial charge in [0.15, 0.2) is 0 Å². The van der Waals surface area contributed by atoms with Gasteiger partial charge < -0.3 is 14.2 Å². The molecule has 0 unspecified atom stereocenters. The number of hydrogen-bond donors (Lipinski definition) is 0. The quantitative estimate of drug-likeness (QED) is 0.360. The molecule has 0 aliphatic carbocycles. The first-order chi connectivity index (χ1) is 16.0. The second kappa shape index (κ2) is 8.91. The molecule has 1 saturated heterocycles. The lowest BCUT2D eigenvalue weighted by Crippen LogP contribution is -2.25. The van der Waals surface area contributed by atoms with Crippen LogP contribution in [-0.4, -0.2) is 28.6 Å². The van der Waals surface area contributed by atoms with Crippen LogP contribution < -0.4 is 9.64 Å². The van der Waals surface area contributed by atoms with E-state index in [2.05, 4.69) is 10.6 Å². The fraction of sp³-hybridized carbons (Fsp3) is 0.259. The summed E-state index contributed by atoms with van der Waals surface area (Å²) >= 11 is 6.13. The number of halogens is 1. The minimum Gasteiger partial charge on any atom is -0.492 e. The molecule has 1 aromatic heterocycles. The lowest BCUT2D eigenvalue weighted by molar-refractivity contribution is -0.117. The van der Waals surface area contributed by atoms with E-state index in [1.165, 1.54) is 0 Å². The van der Waals surface area contributed by atoms with Crippen LogP contribution in [0.5, 0.6) is 5.75 Å². The highest BCUT2D eigenvalue weighted by molar-refractivity contribution is 6.31. The number of fused-ring (bicyclic) bond motifs is 1. The van der Waals surface area contributed by atoms with Crippen molar-refractivity contribution in [1.82, 2.24) is 9.55 Å². The Bertz CT molecular complexity index is 1330. The lowest BCUT2D eigenvalue weighted by Gasteiger charge is -2.19. The summed E-state index contributed by atoms with van der Waals surface area (Å²) in [5.41, 5.74) is 5.08. The Morgan fingerprint density at radius 1 is 1.03 bits per heavy atom. The first-order valence-electron chi connectivity index (χ1n) is 11.2. The molecule has 0 spiro atoms. The van der Waals surface area contributed by atoms with Gasteiger partial charge in [0, 0.05) is 29.6 Å². The average molecular weight is 460 g/mol. The Balaban J connectivity index is 1.40. The zero-order valence-electron chi connectivity index (χ0n) is 18.8. The van der Waals surface area contributed by atoms with Crippen molar-refractivity contribution in [3.05, 3.63) is 88.7 Å². The number of benzene rings is 3. The summed E-state index contributed by atoms with van der Waals surface area (Å²) in [5, 5.41) is 0.731. The molecule has 0 saturated carbocycles. The standard InChI is InChI=1S/C27H26ClN3O2/c1-18-7-3-5-9-24(18)31-17-20(16-26(31)32)27-29-23-8-4-6-10-25(23)30(27)13-14-33-21-11-12-22(28)19(2)15-21/h3-12,15,20H,13-14,16-17H2,1-2H3/t20-/m0/s1. The molecule has 5 rings (SSSR count). The number of carbonyl (C=O) groups excluding carboxylic acids is 1. The molecule has 2 heterocycles. The van der Waals surface area contributed by atoms with Gasteiger partial charge in [0.2, 0.25) is 5.91 Å². The summed E-state index contributed by atoms with van der Waals surface area (Å²) in [6.45, 7) is 5.78. The topological polar surface area (TPSA) is 47.4 Å². The number of carbonyl (C=O) groups is 1. The Morgan fingerprint density at radius 2 is 1.82 bits per heavy atom. The fourth-order valence-corrected chi connectivity index (χ4v) is 4.70. The fourth-order valence-electron chi connectivity index (χ4n) is 4.58.